The Morgan fingerprint density at radius 3 is 2.88 bits per heavy atom. The fourth-order valence-corrected chi connectivity index (χ4v) is 1.97. The number of hydrogen-bond acceptors (Lipinski definition) is 1. The Hall–Kier alpha value is -1.38. The van der Waals surface area contributed by atoms with Crippen LogP contribution in [0.3, 0.4) is 0 Å². The summed E-state index contributed by atoms with van der Waals surface area (Å²) in [6, 6.07) is 0. The van der Waals surface area contributed by atoms with Crippen molar-refractivity contribution in [2.45, 2.75) is 26.2 Å². The van der Waals surface area contributed by atoms with E-state index in [1.807, 2.05) is 0 Å². The van der Waals surface area contributed by atoms with Crippen LogP contribution in [0.5, 0.6) is 0 Å². The Bertz CT molecular complexity index is 292. The van der Waals surface area contributed by atoms with Crippen LogP contribution >= 0.6 is 0 Å². The minimum atomic E-state index is 0.726. The molecule has 1 rings (SSSR count). The zero-order chi connectivity index (χ0) is 11.8. The maximum atomic E-state index is 4.29. The molecule has 0 aromatic rings. The van der Waals surface area contributed by atoms with Crippen molar-refractivity contribution in [3.8, 4) is 0 Å². The molecule has 16 heavy (non-hydrogen) atoms. The normalized spacial score (nSPS) is 23.2. The largest absolute Gasteiger partial charge is 0.356 e. The van der Waals surface area contributed by atoms with Crippen molar-refractivity contribution >= 4 is 12.2 Å². The number of nitrogens with zero attached hydrogens (tertiary/aromatic N) is 3. The molecule has 1 unspecified atom stereocenters. The smallest absolute Gasteiger partial charge is 0.129 e. The molecule has 3 heteroatoms. The first-order valence-electron chi connectivity index (χ1n) is 5.85. The lowest BCUT2D eigenvalue weighted by Gasteiger charge is -2.24. The van der Waals surface area contributed by atoms with Crippen LogP contribution in [0.2, 0.25) is 0 Å². The van der Waals surface area contributed by atoms with Gasteiger partial charge in [-0.25, -0.2) is 9.98 Å². The zero-order valence-corrected chi connectivity index (χ0v) is 10.1. The number of aliphatic imine (C=N–C) groups is 2. The van der Waals surface area contributed by atoms with E-state index in [9.17, 15) is 0 Å². The predicted octanol–water partition coefficient (Wildman–Crippen LogP) is 2.86. The monoisotopic (exact) mass is 219 g/mol. The van der Waals surface area contributed by atoms with Gasteiger partial charge in [-0.3, -0.25) is 0 Å². The highest BCUT2D eigenvalue weighted by Gasteiger charge is 2.15. The minimum absolute atomic E-state index is 0.726. The van der Waals surface area contributed by atoms with Gasteiger partial charge in [-0.1, -0.05) is 26.5 Å². The van der Waals surface area contributed by atoms with Gasteiger partial charge in [0.25, 0.3) is 0 Å². The highest BCUT2D eigenvalue weighted by molar-refractivity contribution is 5.97. The molecule has 0 amide bonds. The van der Waals surface area contributed by atoms with Crippen LogP contribution in [0, 0.1) is 5.92 Å². The lowest BCUT2D eigenvalue weighted by atomic mass is 10.1. The summed E-state index contributed by atoms with van der Waals surface area (Å²) in [5, 5.41) is 0. The fraction of sp³-hybridized carbons (Fsp3) is 0.538. The molecule has 88 valence electrons. The van der Waals surface area contributed by atoms with Gasteiger partial charge in [0, 0.05) is 19.3 Å². The summed E-state index contributed by atoms with van der Waals surface area (Å²) in [5.74, 6) is 1.64. The van der Waals surface area contributed by atoms with Crippen molar-refractivity contribution in [2.75, 3.05) is 13.1 Å². The second-order valence-electron chi connectivity index (χ2n) is 4.19. The lowest BCUT2D eigenvalue weighted by Crippen LogP contribution is -2.32. The van der Waals surface area contributed by atoms with E-state index in [2.05, 4.69) is 35.0 Å². The van der Waals surface area contributed by atoms with E-state index >= 15 is 0 Å². The number of hydrogen-bond donors (Lipinski definition) is 0. The average Bonchev–Trinajstić information content (AvgIpc) is 2.49. The quantitative estimate of drug-likeness (QED) is 0.530. The number of rotatable bonds is 3. The van der Waals surface area contributed by atoms with Crippen LogP contribution < -0.4 is 0 Å². The molecule has 1 atom stereocenters. The van der Waals surface area contributed by atoms with E-state index in [1.165, 1.54) is 31.8 Å². The first kappa shape index (κ1) is 12.7. The van der Waals surface area contributed by atoms with Gasteiger partial charge in [0.1, 0.15) is 12.2 Å². The average molecular weight is 219 g/mol. The predicted molar refractivity (Wildman–Crippen MR) is 70.9 cm³/mol. The molecular formula is C13H21N3. The Morgan fingerprint density at radius 1 is 1.38 bits per heavy atom. The van der Waals surface area contributed by atoms with Crippen LogP contribution in [0.15, 0.2) is 35.4 Å². The summed E-state index contributed by atoms with van der Waals surface area (Å²) in [6.45, 7) is 11.7. The maximum Gasteiger partial charge on any atom is 0.129 e. The molecule has 0 bridgehead atoms. The molecule has 0 radical (unpaired) electrons. The molecule has 1 heterocycles. The van der Waals surface area contributed by atoms with Crippen LogP contribution in [0.4, 0.5) is 0 Å². The summed E-state index contributed by atoms with van der Waals surface area (Å²) < 4.78 is 0. The lowest BCUT2D eigenvalue weighted by molar-refractivity contribution is 0.382. The number of likely N-dealkylation sites (tertiary alicyclic amines) is 1. The second-order valence-corrected chi connectivity index (χ2v) is 4.19. The fourth-order valence-electron chi connectivity index (χ4n) is 1.97. The zero-order valence-electron chi connectivity index (χ0n) is 10.1. The van der Waals surface area contributed by atoms with Gasteiger partial charge in [-0.15, -0.1) is 0 Å². The van der Waals surface area contributed by atoms with Crippen LogP contribution in [-0.2, 0) is 0 Å². The third-order valence-corrected chi connectivity index (χ3v) is 2.78. The summed E-state index contributed by atoms with van der Waals surface area (Å²) in [4.78, 5) is 10.5. The third-order valence-electron chi connectivity index (χ3n) is 2.78. The van der Waals surface area contributed by atoms with Gasteiger partial charge in [0.15, 0.2) is 0 Å². The van der Waals surface area contributed by atoms with Gasteiger partial charge in [0.05, 0.1) is 0 Å². The molecule has 0 saturated carbocycles. The second kappa shape index (κ2) is 6.99. The molecular weight excluding hydrogens is 198 g/mol. The van der Waals surface area contributed by atoms with E-state index in [1.54, 1.807) is 6.08 Å². The molecule has 0 aromatic heterocycles. The molecule has 1 saturated heterocycles. The van der Waals surface area contributed by atoms with Crippen molar-refractivity contribution in [1.29, 1.82) is 0 Å². The Kier molecular flexibility index (Phi) is 5.54. The van der Waals surface area contributed by atoms with Crippen molar-refractivity contribution in [2.24, 2.45) is 15.9 Å². The molecule has 0 N–H and O–H groups in total. The Morgan fingerprint density at radius 2 is 2.19 bits per heavy atom. The van der Waals surface area contributed by atoms with E-state index < -0.39 is 0 Å². The van der Waals surface area contributed by atoms with Crippen LogP contribution in [-0.4, -0.2) is 30.2 Å². The summed E-state index contributed by atoms with van der Waals surface area (Å²) in [7, 11) is 0. The van der Waals surface area contributed by atoms with Crippen LogP contribution in [0.25, 0.3) is 0 Å². The summed E-state index contributed by atoms with van der Waals surface area (Å²) in [5.41, 5.74) is 0. The highest BCUT2D eigenvalue weighted by Crippen LogP contribution is 2.16. The molecule has 0 spiro atoms. The number of amidine groups is 1. The van der Waals surface area contributed by atoms with Crippen molar-refractivity contribution in [3.63, 3.8) is 0 Å². The third kappa shape index (κ3) is 4.01. The Labute approximate surface area is 98.3 Å². The van der Waals surface area contributed by atoms with E-state index in [0.29, 0.717) is 0 Å². The Balaban J connectivity index is 2.69. The molecule has 1 aliphatic rings. The van der Waals surface area contributed by atoms with E-state index in [4.69, 9.17) is 0 Å². The van der Waals surface area contributed by atoms with Crippen molar-refractivity contribution in [1.82, 2.24) is 4.90 Å². The first-order valence-corrected chi connectivity index (χ1v) is 5.85. The van der Waals surface area contributed by atoms with E-state index in [0.717, 1.165) is 24.8 Å². The van der Waals surface area contributed by atoms with Crippen LogP contribution in [0.1, 0.15) is 26.2 Å². The van der Waals surface area contributed by atoms with Crippen molar-refractivity contribution in [3.05, 3.63) is 25.4 Å². The van der Waals surface area contributed by atoms with Gasteiger partial charge in [0.2, 0.25) is 0 Å². The topological polar surface area (TPSA) is 28.0 Å². The van der Waals surface area contributed by atoms with Gasteiger partial charge in [-0.2, -0.15) is 0 Å². The molecule has 1 aliphatic heterocycles. The summed E-state index contributed by atoms with van der Waals surface area (Å²) >= 11 is 0. The molecule has 1 fully saturated rings. The van der Waals surface area contributed by atoms with E-state index in [-0.39, 0.29) is 0 Å². The minimum Gasteiger partial charge on any atom is -0.356 e. The highest BCUT2D eigenvalue weighted by atomic mass is 15.2. The first-order chi connectivity index (χ1) is 7.77. The molecule has 0 aromatic carbocycles. The van der Waals surface area contributed by atoms with Gasteiger partial charge >= 0.3 is 0 Å². The SMILES string of the molecule is C=CN=CN=C(C=C)N1CCCCC(C)C1. The summed E-state index contributed by atoms with van der Waals surface area (Å²) in [6.07, 6.45) is 8.66. The van der Waals surface area contributed by atoms with Gasteiger partial charge < -0.3 is 4.90 Å². The molecule has 3 nitrogen and oxygen atoms in total. The molecule has 0 aliphatic carbocycles. The van der Waals surface area contributed by atoms with Gasteiger partial charge in [-0.05, 0) is 24.8 Å². The standard InChI is InChI=1S/C13H21N3/c1-4-13(15-11-14-5-2)16-9-7-6-8-12(3)10-16/h4-5,11-12H,1-2,6-10H2,3H3. The maximum absolute atomic E-state index is 4.29. The van der Waals surface area contributed by atoms with Crippen molar-refractivity contribution < 1.29 is 0 Å².